The number of anilines is 2. The first-order chi connectivity index (χ1) is 12.0. The molecule has 25 heavy (non-hydrogen) atoms. The Labute approximate surface area is 150 Å². The van der Waals surface area contributed by atoms with Crippen molar-refractivity contribution in [3.05, 3.63) is 58.6 Å². The highest BCUT2D eigenvalue weighted by atomic mass is 32.1. The molecular weight excluding hydrogens is 340 g/mol. The Morgan fingerprint density at radius 1 is 1.12 bits per heavy atom. The summed E-state index contributed by atoms with van der Waals surface area (Å²) >= 11 is 5.43. The molecule has 0 bridgehead atoms. The van der Waals surface area contributed by atoms with Crippen LogP contribution in [0.25, 0.3) is 0 Å². The number of nitrogens with zero attached hydrogens (tertiary/aromatic N) is 3. The predicted molar refractivity (Wildman–Crippen MR) is 101 cm³/mol. The summed E-state index contributed by atoms with van der Waals surface area (Å²) in [5.74, 6) is 0.254. The van der Waals surface area contributed by atoms with Crippen molar-refractivity contribution in [2.24, 2.45) is 0 Å². The minimum absolute atomic E-state index is 0.0324. The van der Waals surface area contributed by atoms with Crippen LogP contribution in [-0.4, -0.2) is 46.2 Å². The Hall–Kier alpha value is -2.87. The van der Waals surface area contributed by atoms with E-state index >= 15 is 0 Å². The number of nitro groups is 1. The van der Waals surface area contributed by atoms with Gasteiger partial charge < -0.3 is 20.2 Å². The molecule has 0 atom stereocenters. The van der Waals surface area contributed by atoms with Crippen LogP contribution in [-0.2, 0) is 0 Å². The van der Waals surface area contributed by atoms with Gasteiger partial charge in [0, 0.05) is 49.7 Å². The number of piperazine rings is 1. The molecule has 0 amide bonds. The van der Waals surface area contributed by atoms with E-state index in [1.54, 1.807) is 24.3 Å². The summed E-state index contributed by atoms with van der Waals surface area (Å²) in [5.41, 5.74) is 1.71. The maximum absolute atomic E-state index is 10.8. The Bertz CT molecular complexity index is 774. The van der Waals surface area contributed by atoms with Gasteiger partial charge in [-0.05, 0) is 42.5 Å². The molecule has 0 saturated carbocycles. The SMILES string of the molecule is O=[N+]([O-])c1cccc(NC(=S)N2CCN(c3ccc(O)cc3)CC2)c1. The first-order valence-corrected chi connectivity index (χ1v) is 8.28. The molecule has 2 N–H and O–H groups in total. The number of benzene rings is 2. The highest BCUT2D eigenvalue weighted by Crippen LogP contribution is 2.21. The third kappa shape index (κ3) is 4.16. The van der Waals surface area contributed by atoms with Gasteiger partial charge >= 0.3 is 0 Å². The molecule has 8 heteroatoms. The molecule has 3 rings (SSSR count). The molecule has 1 saturated heterocycles. The number of hydrogen-bond acceptors (Lipinski definition) is 5. The monoisotopic (exact) mass is 358 g/mol. The van der Waals surface area contributed by atoms with E-state index in [1.165, 1.54) is 12.1 Å². The average molecular weight is 358 g/mol. The van der Waals surface area contributed by atoms with Crippen molar-refractivity contribution in [3.63, 3.8) is 0 Å². The Morgan fingerprint density at radius 2 is 1.80 bits per heavy atom. The van der Waals surface area contributed by atoms with Crippen LogP contribution in [0.5, 0.6) is 5.75 Å². The van der Waals surface area contributed by atoms with E-state index in [1.807, 2.05) is 17.0 Å². The van der Waals surface area contributed by atoms with Gasteiger partial charge in [-0.25, -0.2) is 0 Å². The molecule has 1 aliphatic rings. The lowest BCUT2D eigenvalue weighted by Crippen LogP contribution is -2.50. The van der Waals surface area contributed by atoms with Crippen molar-refractivity contribution in [2.75, 3.05) is 36.4 Å². The molecule has 1 heterocycles. The molecule has 0 aromatic heterocycles. The van der Waals surface area contributed by atoms with Crippen molar-refractivity contribution in [1.82, 2.24) is 4.90 Å². The smallest absolute Gasteiger partial charge is 0.271 e. The van der Waals surface area contributed by atoms with Crippen LogP contribution in [0.3, 0.4) is 0 Å². The largest absolute Gasteiger partial charge is 0.508 e. The molecule has 2 aromatic carbocycles. The van der Waals surface area contributed by atoms with Gasteiger partial charge in [-0.2, -0.15) is 0 Å². The van der Waals surface area contributed by atoms with Crippen molar-refractivity contribution in [2.45, 2.75) is 0 Å². The number of non-ortho nitro benzene ring substituents is 1. The van der Waals surface area contributed by atoms with Gasteiger partial charge in [-0.3, -0.25) is 10.1 Å². The standard InChI is InChI=1S/C17H18N4O3S/c22-16-6-4-14(5-7-16)19-8-10-20(11-9-19)17(25)18-13-2-1-3-15(12-13)21(23)24/h1-7,12,22H,8-11H2,(H,18,25). The van der Waals surface area contributed by atoms with Crippen LogP contribution in [0.1, 0.15) is 0 Å². The van der Waals surface area contributed by atoms with Crippen molar-refractivity contribution in [1.29, 1.82) is 0 Å². The number of phenols is 1. The molecule has 7 nitrogen and oxygen atoms in total. The fourth-order valence-electron chi connectivity index (χ4n) is 2.73. The number of thiocarbonyl (C=S) groups is 1. The summed E-state index contributed by atoms with van der Waals surface area (Å²) in [6, 6.07) is 13.4. The zero-order chi connectivity index (χ0) is 17.8. The maximum atomic E-state index is 10.8. The van der Waals surface area contributed by atoms with E-state index in [0.717, 1.165) is 31.9 Å². The van der Waals surface area contributed by atoms with Crippen LogP contribution < -0.4 is 10.2 Å². The third-order valence-electron chi connectivity index (χ3n) is 4.09. The normalized spacial score (nSPS) is 14.2. The second kappa shape index (κ2) is 7.35. The zero-order valence-corrected chi connectivity index (χ0v) is 14.3. The summed E-state index contributed by atoms with van der Waals surface area (Å²) in [4.78, 5) is 14.7. The van der Waals surface area contributed by atoms with Gasteiger partial charge in [0.25, 0.3) is 5.69 Å². The van der Waals surface area contributed by atoms with Crippen molar-refractivity contribution >= 4 is 34.4 Å². The lowest BCUT2D eigenvalue weighted by Gasteiger charge is -2.37. The predicted octanol–water partition coefficient (Wildman–Crippen LogP) is 2.82. The van der Waals surface area contributed by atoms with Crippen LogP contribution >= 0.6 is 12.2 Å². The molecule has 0 spiro atoms. The van der Waals surface area contributed by atoms with Crippen molar-refractivity contribution < 1.29 is 10.0 Å². The first-order valence-electron chi connectivity index (χ1n) is 7.87. The lowest BCUT2D eigenvalue weighted by atomic mass is 10.2. The Balaban J connectivity index is 1.57. The summed E-state index contributed by atoms with van der Waals surface area (Å²) < 4.78 is 0. The molecule has 2 aromatic rings. The van der Waals surface area contributed by atoms with Gasteiger partial charge in [0.15, 0.2) is 5.11 Å². The molecule has 0 aliphatic carbocycles. The number of rotatable bonds is 3. The molecule has 1 aliphatic heterocycles. The molecule has 1 fully saturated rings. The van der Waals surface area contributed by atoms with Gasteiger partial charge in [-0.1, -0.05) is 6.07 Å². The topological polar surface area (TPSA) is 81.9 Å². The van der Waals surface area contributed by atoms with Crippen LogP contribution in [0.2, 0.25) is 0 Å². The minimum atomic E-state index is -0.426. The van der Waals surface area contributed by atoms with Gasteiger partial charge in [0.1, 0.15) is 5.75 Å². The minimum Gasteiger partial charge on any atom is -0.508 e. The second-order valence-electron chi connectivity index (χ2n) is 5.73. The van der Waals surface area contributed by atoms with Gasteiger partial charge in [-0.15, -0.1) is 0 Å². The molecular formula is C17H18N4O3S. The van der Waals surface area contributed by atoms with Crippen LogP contribution in [0.4, 0.5) is 17.1 Å². The molecule has 130 valence electrons. The average Bonchev–Trinajstić information content (AvgIpc) is 2.63. The van der Waals surface area contributed by atoms with E-state index in [2.05, 4.69) is 10.2 Å². The van der Waals surface area contributed by atoms with Gasteiger partial charge in [0.2, 0.25) is 0 Å². The number of aromatic hydroxyl groups is 1. The number of nitrogens with one attached hydrogen (secondary N) is 1. The number of hydrogen-bond donors (Lipinski definition) is 2. The zero-order valence-electron chi connectivity index (χ0n) is 13.5. The summed E-state index contributed by atoms with van der Waals surface area (Å²) in [6.45, 7) is 3.12. The summed E-state index contributed by atoms with van der Waals surface area (Å²) in [6.07, 6.45) is 0. The van der Waals surface area contributed by atoms with Gasteiger partial charge in [0.05, 0.1) is 4.92 Å². The Kier molecular flexibility index (Phi) is 4.99. The van der Waals surface area contributed by atoms with Crippen LogP contribution in [0, 0.1) is 10.1 Å². The van der Waals surface area contributed by atoms with E-state index < -0.39 is 4.92 Å². The quantitative estimate of drug-likeness (QED) is 0.496. The summed E-state index contributed by atoms with van der Waals surface area (Å²) in [5, 5.41) is 23.8. The maximum Gasteiger partial charge on any atom is 0.271 e. The highest BCUT2D eigenvalue weighted by molar-refractivity contribution is 7.80. The third-order valence-corrected chi connectivity index (χ3v) is 4.45. The molecule has 0 unspecified atom stereocenters. The number of nitro benzene ring substituents is 1. The summed E-state index contributed by atoms with van der Waals surface area (Å²) in [7, 11) is 0. The van der Waals surface area contributed by atoms with E-state index in [9.17, 15) is 15.2 Å². The lowest BCUT2D eigenvalue weighted by molar-refractivity contribution is -0.384. The second-order valence-corrected chi connectivity index (χ2v) is 6.11. The highest BCUT2D eigenvalue weighted by Gasteiger charge is 2.19. The fraction of sp³-hybridized carbons (Fsp3) is 0.235. The van der Waals surface area contributed by atoms with E-state index in [4.69, 9.17) is 12.2 Å². The van der Waals surface area contributed by atoms with Crippen molar-refractivity contribution in [3.8, 4) is 5.75 Å². The van der Waals surface area contributed by atoms with E-state index in [0.29, 0.717) is 10.8 Å². The van der Waals surface area contributed by atoms with E-state index in [-0.39, 0.29) is 11.4 Å². The first kappa shape index (κ1) is 17.0. The fourth-order valence-corrected chi connectivity index (χ4v) is 3.03. The number of phenolic OH excluding ortho intramolecular Hbond substituents is 1. The molecule has 0 radical (unpaired) electrons. The van der Waals surface area contributed by atoms with Crippen LogP contribution in [0.15, 0.2) is 48.5 Å². The Morgan fingerprint density at radius 3 is 2.44 bits per heavy atom.